The van der Waals surface area contributed by atoms with Crippen LogP contribution in [0, 0.1) is 5.92 Å². The zero-order valence-electron chi connectivity index (χ0n) is 8.95. The van der Waals surface area contributed by atoms with Crippen molar-refractivity contribution >= 4 is 0 Å². The number of aliphatic hydroxyl groups is 2. The van der Waals surface area contributed by atoms with E-state index in [4.69, 9.17) is 10.2 Å². The average Bonchev–Trinajstić information content (AvgIpc) is 2.65. The van der Waals surface area contributed by atoms with Crippen LogP contribution in [0.2, 0.25) is 0 Å². The third-order valence-corrected chi connectivity index (χ3v) is 2.84. The lowest BCUT2D eigenvalue weighted by Crippen LogP contribution is -2.33. The van der Waals surface area contributed by atoms with E-state index in [-0.39, 0.29) is 6.61 Å². The molecule has 4 nitrogen and oxygen atoms in total. The lowest BCUT2D eigenvalue weighted by molar-refractivity contribution is 0.0936. The quantitative estimate of drug-likeness (QED) is 0.531. The Kier molecular flexibility index (Phi) is 5.40. The van der Waals surface area contributed by atoms with Gasteiger partial charge >= 0.3 is 0 Å². The standard InChI is InChI=1S/C10H22N2O2/c1-2-12-4-3-9(7-12)5-11-6-10(14)8-13/h9-11,13-14H,2-8H2,1H3. The van der Waals surface area contributed by atoms with E-state index in [0.717, 1.165) is 13.1 Å². The zero-order valence-corrected chi connectivity index (χ0v) is 8.95. The van der Waals surface area contributed by atoms with Crippen molar-refractivity contribution < 1.29 is 10.2 Å². The molecule has 0 radical (unpaired) electrons. The molecular weight excluding hydrogens is 180 g/mol. The van der Waals surface area contributed by atoms with Crippen LogP contribution in [-0.2, 0) is 0 Å². The van der Waals surface area contributed by atoms with Crippen LogP contribution >= 0.6 is 0 Å². The molecule has 0 aliphatic carbocycles. The highest BCUT2D eigenvalue weighted by atomic mass is 16.3. The maximum Gasteiger partial charge on any atom is 0.0894 e. The number of hydrogen-bond acceptors (Lipinski definition) is 4. The van der Waals surface area contributed by atoms with E-state index < -0.39 is 6.10 Å². The van der Waals surface area contributed by atoms with Crippen LogP contribution in [0.3, 0.4) is 0 Å². The molecule has 0 amide bonds. The zero-order chi connectivity index (χ0) is 10.4. The molecule has 4 heteroatoms. The smallest absolute Gasteiger partial charge is 0.0894 e. The van der Waals surface area contributed by atoms with Crippen molar-refractivity contribution in [1.82, 2.24) is 10.2 Å². The minimum atomic E-state index is -0.612. The van der Waals surface area contributed by atoms with Gasteiger partial charge < -0.3 is 20.4 Å². The molecule has 1 saturated heterocycles. The van der Waals surface area contributed by atoms with Gasteiger partial charge in [-0.3, -0.25) is 0 Å². The Balaban J connectivity index is 2.03. The Morgan fingerprint density at radius 2 is 2.36 bits per heavy atom. The van der Waals surface area contributed by atoms with Crippen molar-refractivity contribution in [1.29, 1.82) is 0 Å². The molecule has 14 heavy (non-hydrogen) atoms. The van der Waals surface area contributed by atoms with Crippen LogP contribution in [0.5, 0.6) is 0 Å². The van der Waals surface area contributed by atoms with Gasteiger partial charge in [-0.1, -0.05) is 6.92 Å². The Morgan fingerprint density at radius 3 is 2.93 bits per heavy atom. The highest BCUT2D eigenvalue weighted by Gasteiger charge is 2.20. The molecule has 0 aromatic carbocycles. The summed E-state index contributed by atoms with van der Waals surface area (Å²) in [4.78, 5) is 2.44. The van der Waals surface area contributed by atoms with Crippen molar-refractivity contribution in [2.75, 3.05) is 39.3 Å². The Morgan fingerprint density at radius 1 is 1.57 bits per heavy atom. The number of aliphatic hydroxyl groups excluding tert-OH is 2. The highest BCUT2D eigenvalue weighted by molar-refractivity contribution is 4.76. The topological polar surface area (TPSA) is 55.7 Å². The van der Waals surface area contributed by atoms with Crippen LogP contribution < -0.4 is 5.32 Å². The van der Waals surface area contributed by atoms with Gasteiger partial charge in [-0.25, -0.2) is 0 Å². The Hall–Kier alpha value is -0.160. The SMILES string of the molecule is CCN1CCC(CNCC(O)CO)C1. The molecule has 0 aromatic heterocycles. The normalized spacial score (nSPS) is 25.5. The summed E-state index contributed by atoms with van der Waals surface area (Å²) in [5.74, 6) is 0.709. The van der Waals surface area contributed by atoms with E-state index in [9.17, 15) is 0 Å². The summed E-state index contributed by atoms with van der Waals surface area (Å²) in [6.45, 7) is 6.98. The molecule has 1 aliphatic rings. The van der Waals surface area contributed by atoms with Crippen LogP contribution in [0.25, 0.3) is 0 Å². The predicted molar refractivity (Wildman–Crippen MR) is 56.2 cm³/mol. The minimum Gasteiger partial charge on any atom is -0.394 e. The lowest BCUT2D eigenvalue weighted by Gasteiger charge is -2.14. The fraction of sp³-hybridized carbons (Fsp3) is 1.00. The van der Waals surface area contributed by atoms with E-state index in [1.807, 2.05) is 0 Å². The summed E-state index contributed by atoms with van der Waals surface area (Å²) in [5, 5.41) is 20.9. The molecule has 0 aromatic rings. The lowest BCUT2D eigenvalue weighted by atomic mass is 10.1. The molecule has 3 N–H and O–H groups in total. The average molecular weight is 202 g/mol. The molecule has 84 valence electrons. The fourth-order valence-corrected chi connectivity index (χ4v) is 1.89. The van der Waals surface area contributed by atoms with Gasteiger partial charge in [-0.05, 0) is 32.0 Å². The molecule has 1 aliphatic heterocycles. The van der Waals surface area contributed by atoms with Gasteiger partial charge in [0.1, 0.15) is 0 Å². The highest BCUT2D eigenvalue weighted by Crippen LogP contribution is 2.14. The first-order chi connectivity index (χ1) is 6.76. The van der Waals surface area contributed by atoms with Gasteiger partial charge in [0.15, 0.2) is 0 Å². The number of likely N-dealkylation sites (tertiary alicyclic amines) is 1. The Bertz CT molecular complexity index is 155. The molecule has 0 spiro atoms. The first-order valence-electron chi connectivity index (χ1n) is 5.48. The summed E-state index contributed by atoms with van der Waals surface area (Å²) in [6.07, 6.45) is 0.634. The van der Waals surface area contributed by atoms with Crippen molar-refractivity contribution in [3.8, 4) is 0 Å². The molecule has 1 rings (SSSR count). The Labute approximate surface area is 85.9 Å². The molecule has 0 saturated carbocycles. The second-order valence-corrected chi connectivity index (χ2v) is 4.04. The summed E-state index contributed by atoms with van der Waals surface area (Å²) in [7, 11) is 0. The summed E-state index contributed by atoms with van der Waals surface area (Å²) >= 11 is 0. The monoisotopic (exact) mass is 202 g/mol. The van der Waals surface area contributed by atoms with E-state index in [0.29, 0.717) is 12.5 Å². The number of rotatable bonds is 6. The minimum absolute atomic E-state index is 0.154. The maximum atomic E-state index is 9.11. The van der Waals surface area contributed by atoms with Gasteiger partial charge in [-0.15, -0.1) is 0 Å². The number of hydrogen-bond donors (Lipinski definition) is 3. The van der Waals surface area contributed by atoms with Crippen molar-refractivity contribution in [2.45, 2.75) is 19.4 Å². The number of nitrogens with one attached hydrogen (secondary N) is 1. The van der Waals surface area contributed by atoms with Gasteiger partial charge in [-0.2, -0.15) is 0 Å². The van der Waals surface area contributed by atoms with E-state index >= 15 is 0 Å². The summed E-state index contributed by atoms with van der Waals surface area (Å²) < 4.78 is 0. The largest absolute Gasteiger partial charge is 0.394 e. The van der Waals surface area contributed by atoms with Crippen LogP contribution in [-0.4, -0.2) is 60.5 Å². The molecular formula is C10H22N2O2. The van der Waals surface area contributed by atoms with Crippen LogP contribution in [0.15, 0.2) is 0 Å². The number of nitrogens with zero attached hydrogens (tertiary/aromatic N) is 1. The fourth-order valence-electron chi connectivity index (χ4n) is 1.89. The molecule has 0 bridgehead atoms. The second kappa shape index (κ2) is 6.35. The van der Waals surface area contributed by atoms with E-state index in [1.54, 1.807) is 0 Å². The second-order valence-electron chi connectivity index (χ2n) is 4.04. The van der Waals surface area contributed by atoms with Crippen molar-refractivity contribution in [2.24, 2.45) is 5.92 Å². The van der Waals surface area contributed by atoms with Crippen LogP contribution in [0.4, 0.5) is 0 Å². The molecule has 2 unspecified atom stereocenters. The van der Waals surface area contributed by atoms with Gasteiger partial charge in [0, 0.05) is 13.1 Å². The van der Waals surface area contributed by atoms with Gasteiger partial charge in [0.2, 0.25) is 0 Å². The van der Waals surface area contributed by atoms with Crippen molar-refractivity contribution in [3.05, 3.63) is 0 Å². The molecule has 1 heterocycles. The van der Waals surface area contributed by atoms with Gasteiger partial charge in [0.05, 0.1) is 12.7 Å². The molecule has 2 atom stereocenters. The van der Waals surface area contributed by atoms with E-state index in [2.05, 4.69) is 17.1 Å². The summed E-state index contributed by atoms with van der Waals surface area (Å²) in [5.41, 5.74) is 0. The van der Waals surface area contributed by atoms with Crippen molar-refractivity contribution in [3.63, 3.8) is 0 Å². The van der Waals surface area contributed by atoms with Crippen LogP contribution in [0.1, 0.15) is 13.3 Å². The third-order valence-electron chi connectivity index (χ3n) is 2.84. The molecule has 1 fully saturated rings. The third kappa shape index (κ3) is 3.92. The summed E-state index contributed by atoms with van der Waals surface area (Å²) in [6, 6.07) is 0. The first kappa shape index (κ1) is 11.9. The maximum absolute atomic E-state index is 9.11. The first-order valence-corrected chi connectivity index (χ1v) is 5.48. The van der Waals surface area contributed by atoms with Gasteiger partial charge in [0.25, 0.3) is 0 Å². The van der Waals surface area contributed by atoms with E-state index in [1.165, 1.54) is 19.5 Å². The predicted octanol–water partition coefficient (Wildman–Crippen LogP) is -0.729.